The molecule has 26 heavy (non-hydrogen) atoms. The Morgan fingerprint density at radius 1 is 1.23 bits per heavy atom. The highest BCUT2D eigenvalue weighted by Gasteiger charge is 2.11. The van der Waals surface area contributed by atoms with Crippen molar-refractivity contribution in [2.75, 3.05) is 0 Å². The summed E-state index contributed by atoms with van der Waals surface area (Å²) in [5.74, 6) is 2.46. The molecular formula is C21H15N3O2. The summed E-state index contributed by atoms with van der Waals surface area (Å²) in [5, 5.41) is 5.95. The summed E-state index contributed by atoms with van der Waals surface area (Å²) in [6, 6.07) is 17.0. The maximum Gasteiger partial charge on any atom is 0.307 e. The molecule has 5 heteroatoms. The summed E-state index contributed by atoms with van der Waals surface area (Å²) in [6.07, 6.45) is 8.95. The summed E-state index contributed by atoms with van der Waals surface area (Å²) < 4.78 is 7.50. The summed E-state index contributed by atoms with van der Waals surface area (Å²) in [6.45, 7) is 0.472. The molecule has 5 nitrogen and oxygen atoms in total. The molecule has 1 N–H and O–H groups in total. The van der Waals surface area contributed by atoms with Crippen molar-refractivity contribution in [2.45, 2.75) is 6.54 Å². The molecule has 2 heterocycles. The van der Waals surface area contributed by atoms with Crippen molar-refractivity contribution in [1.29, 1.82) is 0 Å². The van der Waals surface area contributed by atoms with Crippen LogP contribution in [0, 0.1) is 12.3 Å². The summed E-state index contributed by atoms with van der Waals surface area (Å²) in [5.41, 5.74) is 5.07. The predicted octanol–water partition coefficient (Wildman–Crippen LogP) is 3.78. The molecule has 4 rings (SSSR count). The fourth-order valence-electron chi connectivity index (χ4n) is 2.92. The van der Waals surface area contributed by atoms with Crippen LogP contribution >= 0.6 is 0 Å². The number of benzene rings is 2. The van der Waals surface area contributed by atoms with Gasteiger partial charge in [0.05, 0.1) is 12.8 Å². The number of hydrogen-bond donors (Lipinski definition) is 1. The second-order valence-electron chi connectivity index (χ2n) is 5.78. The molecule has 126 valence electrons. The third kappa shape index (κ3) is 2.85. The van der Waals surface area contributed by atoms with Crippen LogP contribution in [0.3, 0.4) is 0 Å². The minimum absolute atomic E-state index is 0.220. The Hall–Kier alpha value is -3.78. The fourth-order valence-corrected chi connectivity index (χ4v) is 2.92. The van der Waals surface area contributed by atoms with E-state index in [0.29, 0.717) is 12.1 Å². The zero-order chi connectivity index (χ0) is 17.9. The van der Waals surface area contributed by atoms with Gasteiger partial charge in [-0.05, 0) is 18.2 Å². The second-order valence-corrected chi connectivity index (χ2v) is 5.78. The number of aromatic nitrogens is 1. The van der Waals surface area contributed by atoms with Crippen LogP contribution in [-0.4, -0.2) is 16.7 Å². The van der Waals surface area contributed by atoms with E-state index in [2.05, 4.69) is 16.4 Å². The van der Waals surface area contributed by atoms with E-state index in [1.165, 1.54) is 0 Å². The molecule has 0 aliphatic heterocycles. The number of nitrogens with zero attached hydrogens (tertiary/aromatic N) is 2. The Balaban J connectivity index is 1.56. The van der Waals surface area contributed by atoms with Crippen LogP contribution in [0.1, 0.15) is 16.1 Å². The number of carbonyl (C=O) groups excluding carboxylic acids is 1. The quantitative estimate of drug-likeness (QED) is 0.349. The monoisotopic (exact) mass is 341 g/mol. The van der Waals surface area contributed by atoms with Gasteiger partial charge in [-0.1, -0.05) is 42.3 Å². The van der Waals surface area contributed by atoms with Crippen LogP contribution in [-0.2, 0) is 6.54 Å². The molecule has 0 atom stereocenters. The summed E-state index contributed by atoms with van der Waals surface area (Å²) in [4.78, 5) is 12.2. The second kappa shape index (κ2) is 6.61. The highest BCUT2D eigenvalue weighted by Crippen LogP contribution is 2.20. The van der Waals surface area contributed by atoms with Crippen molar-refractivity contribution < 1.29 is 9.21 Å². The van der Waals surface area contributed by atoms with Crippen molar-refractivity contribution in [3.05, 3.63) is 72.1 Å². The highest BCUT2D eigenvalue weighted by atomic mass is 16.3. The van der Waals surface area contributed by atoms with Gasteiger partial charge in [0.15, 0.2) is 5.76 Å². The van der Waals surface area contributed by atoms with Gasteiger partial charge in [-0.3, -0.25) is 4.79 Å². The molecule has 2 aromatic heterocycles. The van der Waals surface area contributed by atoms with Gasteiger partial charge >= 0.3 is 5.91 Å². The van der Waals surface area contributed by atoms with Gasteiger partial charge in [0, 0.05) is 28.0 Å². The molecule has 0 spiro atoms. The predicted molar refractivity (Wildman–Crippen MR) is 102 cm³/mol. The first-order chi connectivity index (χ1) is 12.8. The van der Waals surface area contributed by atoms with Crippen LogP contribution in [0.15, 0.2) is 70.3 Å². The molecule has 0 fully saturated rings. The van der Waals surface area contributed by atoms with Gasteiger partial charge in [0.1, 0.15) is 5.58 Å². The van der Waals surface area contributed by atoms with E-state index in [1.54, 1.807) is 12.3 Å². The molecule has 1 amide bonds. The number of terminal acetylenes is 1. The third-order valence-electron chi connectivity index (χ3n) is 4.10. The van der Waals surface area contributed by atoms with E-state index in [4.69, 9.17) is 10.8 Å². The van der Waals surface area contributed by atoms with Gasteiger partial charge in [-0.15, -0.1) is 6.42 Å². The van der Waals surface area contributed by atoms with Gasteiger partial charge in [-0.2, -0.15) is 5.10 Å². The van der Waals surface area contributed by atoms with E-state index in [9.17, 15) is 4.79 Å². The normalized spacial score (nSPS) is 11.2. The van der Waals surface area contributed by atoms with Gasteiger partial charge in [-0.25, -0.2) is 5.43 Å². The number of para-hydroxylation sites is 2. The number of hydrazone groups is 1. The molecule has 4 aromatic rings. The minimum atomic E-state index is -0.398. The lowest BCUT2D eigenvalue weighted by Gasteiger charge is -1.97. The average Bonchev–Trinajstić information content (AvgIpc) is 3.24. The molecule has 0 saturated heterocycles. The number of hydrogen-bond acceptors (Lipinski definition) is 3. The molecular weight excluding hydrogens is 326 g/mol. The Morgan fingerprint density at radius 2 is 2.04 bits per heavy atom. The number of furan rings is 1. The number of amides is 1. The van der Waals surface area contributed by atoms with Gasteiger partial charge in [0.25, 0.3) is 0 Å². The first kappa shape index (κ1) is 15.7. The SMILES string of the molecule is C#CCn1cc(/C=N\NC(=O)c2cc3ccccc3o2)c2ccccc21. The standard InChI is InChI=1S/C21H15N3O2/c1-2-11-24-14-16(17-8-4-5-9-18(17)24)13-22-23-21(25)20-12-15-7-3-6-10-19(15)26-20/h1,3-10,12-14H,11H2,(H,23,25)/b22-13-. The average molecular weight is 341 g/mol. The zero-order valence-electron chi connectivity index (χ0n) is 13.8. The maximum absolute atomic E-state index is 12.2. The molecule has 0 bridgehead atoms. The first-order valence-corrected chi connectivity index (χ1v) is 8.09. The number of carbonyl (C=O) groups is 1. The molecule has 0 unspecified atom stereocenters. The molecule has 0 aliphatic carbocycles. The highest BCUT2D eigenvalue weighted by molar-refractivity contribution is 6.01. The number of fused-ring (bicyclic) bond motifs is 2. The van der Waals surface area contributed by atoms with Crippen LogP contribution in [0.4, 0.5) is 0 Å². The van der Waals surface area contributed by atoms with E-state index < -0.39 is 5.91 Å². The van der Waals surface area contributed by atoms with E-state index in [0.717, 1.165) is 21.9 Å². The van der Waals surface area contributed by atoms with Crippen LogP contribution in [0.5, 0.6) is 0 Å². The van der Waals surface area contributed by atoms with E-state index in [-0.39, 0.29) is 5.76 Å². The number of rotatable bonds is 4. The summed E-state index contributed by atoms with van der Waals surface area (Å²) in [7, 11) is 0. The van der Waals surface area contributed by atoms with Gasteiger partial charge in [0.2, 0.25) is 0 Å². The smallest absolute Gasteiger partial charge is 0.307 e. The Kier molecular flexibility index (Phi) is 4.00. The van der Waals surface area contributed by atoms with E-state index >= 15 is 0 Å². The Bertz CT molecular complexity index is 1140. The lowest BCUT2D eigenvalue weighted by Crippen LogP contribution is -2.16. The third-order valence-corrected chi connectivity index (χ3v) is 4.10. The van der Waals surface area contributed by atoms with Crippen molar-refractivity contribution in [3.63, 3.8) is 0 Å². The van der Waals surface area contributed by atoms with Crippen molar-refractivity contribution in [1.82, 2.24) is 9.99 Å². The topological polar surface area (TPSA) is 59.5 Å². The minimum Gasteiger partial charge on any atom is -0.451 e. The van der Waals surface area contributed by atoms with Crippen molar-refractivity contribution in [3.8, 4) is 12.3 Å². The molecule has 0 aliphatic rings. The zero-order valence-corrected chi connectivity index (χ0v) is 13.8. The molecule has 0 saturated carbocycles. The van der Waals surface area contributed by atoms with Crippen molar-refractivity contribution in [2.24, 2.45) is 5.10 Å². The molecule has 0 radical (unpaired) electrons. The van der Waals surface area contributed by atoms with Gasteiger partial charge < -0.3 is 8.98 Å². The van der Waals surface area contributed by atoms with Crippen LogP contribution in [0.25, 0.3) is 21.9 Å². The largest absolute Gasteiger partial charge is 0.451 e. The van der Waals surface area contributed by atoms with Crippen molar-refractivity contribution >= 4 is 34.0 Å². The van der Waals surface area contributed by atoms with Crippen LogP contribution in [0.2, 0.25) is 0 Å². The molecule has 2 aromatic carbocycles. The first-order valence-electron chi connectivity index (χ1n) is 8.09. The van der Waals surface area contributed by atoms with E-state index in [1.807, 2.05) is 59.3 Å². The fraction of sp³-hybridized carbons (Fsp3) is 0.0476. The maximum atomic E-state index is 12.2. The van der Waals surface area contributed by atoms with Crippen LogP contribution < -0.4 is 5.43 Å². The lowest BCUT2D eigenvalue weighted by atomic mass is 10.2. The lowest BCUT2D eigenvalue weighted by molar-refractivity contribution is 0.0929. The number of nitrogens with one attached hydrogen (secondary N) is 1. The summed E-state index contributed by atoms with van der Waals surface area (Å²) >= 11 is 0. The Labute approximate surface area is 149 Å². The Morgan fingerprint density at radius 3 is 2.88 bits per heavy atom.